The van der Waals surface area contributed by atoms with Gasteiger partial charge in [-0.25, -0.2) is 0 Å². The van der Waals surface area contributed by atoms with Gasteiger partial charge in [-0.1, -0.05) is 17.8 Å². The summed E-state index contributed by atoms with van der Waals surface area (Å²) in [5.41, 5.74) is 0. The summed E-state index contributed by atoms with van der Waals surface area (Å²) in [7, 11) is 1.90. The highest BCUT2D eigenvalue weighted by molar-refractivity contribution is 7.99. The zero-order valence-electron chi connectivity index (χ0n) is 12.9. The van der Waals surface area contributed by atoms with Crippen molar-refractivity contribution in [1.82, 2.24) is 25.0 Å². The van der Waals surface area contributed by atoms with Crippen molar-refractivity contribution in [2.24, 2.45) is 7.05 Å². The molecule has 0 fully saturated rings. The molecule has 0 N–H and O–H groups in total. The Bertz CT molecular complexity index is 927. The van der Waals surface area contributed by atoms with Crippen LogP contribution in [0.25, 0.3) is 22.4 Å². The van der Waals surface area contributed by atoms with Crippen molar-refractivity contribution in [2.45, 2.75) is 17.3 Å². The van der Waals surface area contributed by atoms with Crippen LogP contribution in [0.5, 0.6) is 0 Å². The van der Waals surface area contributed by atoms with Gasteiger partial charge in [0, 0.05) is 7.05 Å². The van der Waals surface area contributed by atoms with Crippen LogP contribution < -0.4 is 0 Å². The molecule has 4 rings (SSSR count). The SMILES string of the molecule is CC(Sc1nnc(-c2ccco2)n1C)c1nnc(-c2cccs2)o1. The van der Waals surface area contributed by atoms with E-state index in [2.05, 4.69) is 20.4 Å². The molecule has 1 atom stereocenters. The number of furan rings is 1. The Morgan fingerprint density at radius 1 is 1.17 bits per heavy atom. The monoisotopic (exact) mass is 359 g/mol. The maximum absolute atomic E-state index is 5.77. The summed E-state index contributed by atoms with van der Waals surface area (Å²) in [5, 5.41) is 19.4. The molecule has 0 radical (unpaired) electrons. The van der Waals surface area contributed by atoms with E-state index in [0.717, 1.165) is 10.0 Å². The van der Waals surface area contributed by atoms with Crippen molar-refractivity contribution in [3.63, 3.8) is 0 Å². The minimum absolute atomic E-state index is 0.0430. The van der Waals surface area contributed by atoms with Crippen LogP contribution in [-0.2, 0) is 7.05 Å². The predicted octanol–water partition coefficient (Wildman–Crippen LogP) is 4.04. The third kappa shape index (κ3) is 2.76. The summed E-state index contributed by atoms with van der Waals surface area (Å²) in [5.74, 6) is 2.47. The van der Waals surface area contributed by atoms with E-state index in [-0.39, 0.29) is 5.25 Å². The molecule has 4 aromatic heterocycles. The molecule has 0 amide bonds. The average Bonchev–Trinajstić information content (AvgIpc) is 3.36. The molecule has 122 valence electrons. The Hall–Kier alpha value is -2.39. The molecule has 9 heteroatoms. The molecule has 4 aromatic rings. The smallest absolute Gasteiger partial charge is 0.257 e. The number of nitrogens with zero attached hydrogens (tertiary/aromatic N) is 5. The fraction of sp³-hybridized carbons (Fsp3) is 0.200. The Kier molecular flexibility index (Phi) is 3.95. The van der Waals surface area contributed by atoms with E-state index in [4.69, 9.17) is 8.83 Å². The molecule has 0 spiro atoms. The molecular weight excluding hydrogens is 346 g/mol. The van der Waals surface area contributed by atoms with Gasteiger partial charge in [-0.2, -0.15) is 0 Å². The van der Waals surface area contributed by atoms with Crippen molar-refractivity contribution < 1.29 is 8.83 Å². The number of thioether (sulfide) groups is 1. The lowest BCUT2D eigenvalue weighted by molar-refractivity contribution is 0.509. The van der Waals surface area contributed by atoms with Crippen molar-refractivity contribution >= 4 is 23.1 Å². The molecule has 0 saturated carbocycles. The second kappa shape index (κ2) is 6.25. The van der Waals surface area contributed by atoms with Crippen molar-refractivity contribution in [3.8, 4) is 22.4 Å². The summed E-state index contributed by atoms with van der Waals surface area (Å²) in [6.45, 7) is 2.00. The Labute approximate surface area is 145 Å². The number of aromatic nitrogens is 5. The minimum atomic E-state index is -0.0430. The van der Waals surface area contributed by atoms with Gasteiger partial charge in [0.15, 0.2) is 16.7 Å². The van der Waals surface area contributed by atoms with Crippen LogP contribution in [0, 0.1) is 0 Å². The van der Waals surface area contributed by atoms with Gasteiger partial charge >= 0.3 is 0 Å². The lowest BCUT2D eigenvalue weighted by Gasteiger charge is -2.06. The van der Waals surface area contributed by atoms with E-state index in [1.807, 2.05) is 48.2 Å². The lowest BCUT2D eigenvalue weighted by atomic mass is 10.4. The van der Waals surface area contributed by atoms with Crippen molar-refractivity contribution in [2.75, 3.05) is 0 Å². The Balaban J connectivity index is 1.53. The van der Waals surface area contributed by atoms with E-state index in [1.165, 1.54) is 11.8 Å². The highest BCUT2D eigenvalue weighted by Gasteiger charge is 2.21. The average molecular weight is 359 g/mol. The maximum atomic E-state index is 5.77. The third-order valence-corrected chi connectivity index (χ3v) is 5.36. The van der Waals surface area contributed by atoms with E-state index in [1.54, 1.807) is 17.6 Å². The highest BCUT2D eigenvalue weighted by Crippen LogP contribution is 2.35. The van der Waals surface area contributed by atoms with E-state index < -0.39 is 0 Å². The van der Waals surface area contributed by atoms with Crippen LogP contribution >= 0.6 is 23.1 Å². The zero-order valence-corrected chi connectivity index (χ0v) is 14.5. The van der Waals surface area contributed by atoms with Crippen LogP contribution in [-0.4, -0.2) is 25.0 Å². The van der Waals surface area contributed by atoms with Gasteiger partial charge < -0.3 is 13.4 Å². The molecule has 24 heavy (non-hydrogen) atoms. The highest BCUT2D eigenvalue weighted by atomic mass is 32.2. The molecule has 7 nitrogen and oxygen atoms in total. The van der Waals surface area contributed by atoms with Crippen LogP contribution in [0.2, 0.25) is 0 Å². The Morgan fingerprint density at radius 2 is 2.08 bits per heavy atom. The standard InChI is InChI=1S/C15H13N5O2S2/c1-9(13-17-18-14(22-13)11-6-4-8-23-11)24-15-19-16-12(20(15)2)10-5-3-7-21-10/h3-9H,1-2H3. The number of hydrogen-bond acceptors (Lipinski definition) is 8. The molecule has 0 bridgehead atoms. The van der Waals surface area contributed by atoms with Crippen LogP contribution in [0.15, 0.2) is 49.9 Å². The second-order valence-electron chi connectivity index (χ2n) is 5.03. The molecule has 0 aliphatic carbocycles. The lowest BCUT2D eigenvalue weighted by Crippen LogP contribution is -1.96. The van der Waals surface area contributed by atoms with Gasteiger partial charge in [0.2, 0.25) is 5.89 Å². The largest absolute Gasteiger partial charge is 0.461 e. The fourth-order valence-corrected chi connectivity index (χ4v) is 3.63. The molecule has 1 unspecified atom stereocenters. The first-order valence-electron chi connectivity index (χ1n) is 7.19. The topological polar surface area (TPSA) is 82.8 Å². The van der Waals surface area contributed by atoms with E-state index >= 15 is 0 Å². The number of hydrogen-bond donors (Lipinski definition) is 0. The van der Waals surface area contributed by atoms with E-state index in [0.29, 0.717) is 23.4 Å². The van der Waals surface area contributed by atoms with Crippen LogP contribution in [0.3, 0.4) is 0 Å². The summed E-state index contributed by atoms with van der Waals surface area (Å²) in [6.07, 6.45) is 1.62. The molecular formula is C15H13N5O2S2. The maximum Gasteiger partial charge on any atom is 0.257 e. The summed E-state index contributed by atoms with van der Waals surface area (Å²) in [6, 6.07) is 7.59. The molecule has 0 aliphatic rings. The van der Waals surface area contributed by atoms with Gasteiger partial charge in [-0.05, 0) is 30.5 Å². The molecule has 0 saturated heterocycles. The van der Waals surface area contributed by atoms with Crippen molar-refractivity contribution in [3.05, 3.63) is 41.8 Å². The summed E-state index contributed by atoms with van der Waals surface area (Å²) in [4.78, 5) is 0.963. The summed E-state index contributed by atoms with van der Waals surface area (Å²) >= 11 is 3.08. The molecule has 0 aromatic carbocycles. The van der Waals surface area contributed by atoms with Gasteiger partial charge in [0.25, 0.3) is 5.89 Å². The van der Waals surface area contributed by atoms with Crippen LogP contribution in [0.1, 0.15) is 18.1 Å². The molecule has 4 heterocycles. The fourth-order valence-electron chi connectivity index (χ4n) is 2.15. The van der Waals surface area contributed by atoms with Gasteiger partial charge in [-0.15, -0.1) is 31.7 Å². The second-order valence-corrected chi connectivity index (χ2v) is 7.28. The van der Waals surface area contributed by atoms with Gasteiger partial charge in [0.1, 0.15) is 0 Å². The quantitative estimate of drug-likeness (QED) is 0.497. The predicted molar refractivity (Wildman–Crippen MR) is 90.6 cm³/mol. The zero-order chi connectivity index (χ0) is 16.5. The van der Waals surface area contributed by atoms with Crippen molar-refractivity contribution in [1.29, 1.82) is 0 Å². The first kappa shape index (κ1) is 15.2. The minimum Gasteiger partial charge on any atom is -0.461 e. The van der Waals surface area contributed by atoms with Gasteiger partial charge in [-0.3, -0.25) is 0 Å². The number of rotatable bonds is 5. The Morgan fingerprint density at radius 3 is 2.83 bits per heavy atom. The van der Waals surface area contributed by atoms with E-state index in [9.17, 15) is 0 Å². The number of thiophene rings is 1. The summed E-state index contributed by atoms with van der Waals surface area (Å²) < 4.78 is 13.0. The first-order valence-corrected chi connectivity index (χ1v) is 8.95. The van der Waals surface area contributed by atoms with Crippen LogP contribution in [0.4, 0.5) is 0 Å². The normalized spacial score (nSPS) is 12.6. The first-order chi connectivity index (χ1) is 11.7. The van der Waals surface area contributed by atoms with Gasteiger partial charge in [0.05, 0.1) is 16.4 Å². The molecule has 0 aliphatic heterocycles. The third-order valence-electron chi connectivity index (χ3n) is 3.38.